The molecule has 6 nitrogen and oxygen atoms in total. The zero-order chi connectivity index (χ0) is 19.0. The van der Waals surface area contributed by atoms with E-state index in [0.717, 1.165) is 16.0 Å². The first-order valence-corrected chi connectivity index (χ1v) is 9.30. The summed E-state index contributed by atoms with van der Waals surface area (Å²) in [6, 6.07) is 10.5. The van der Waals surface area contributed by atoms with Crippen LogP contribution in [-0.4, -0.2) is 15.7 Å². The van der Waals surface area contributed by atoms with E-state index in [4.69, 9.17) is 4.42 Å². The SMILES string of the molecule is Cc1ccc2c(=O)cc(C(=O)Nc3ccnn3Cc3cccs3)oc2c1C. The zero-order valence-electron chi connectivity index (χ0n) is 14.9. The molecule has 136 valence electrons. The molecule has 4 aromatic rings. The molecule has 0 saturated heterocycles. The first-order valence-electron chi connectivity index (χ1n) is 8.42. The predicted molar refractivity (Wildman–Crippen MR) is 106 cm³/mol. The number of rotatable bonds is 4. The number of aromatic nitrogens is 2. The van der Waals surface area contributed by atoms with Gasteiger partial charge in [-0.2, -0.15) is 5.10 Å². The standard InChI is InChI=1S/C20H17N3O3S/c1-12-5-6-15-16(24)10-17(26-19(15)13(12)2)20(25)22-18-7-8-21-23(18)11-14-4-3-9-27-14/h3-10H,11H2,1-2H3,(H,22,25). The van der Waals surface area contributed by atoms with Crippen molar-refractivity contribution in [3.05, 3.63) is 80.0 Å². The van der Waals surface area contributed by atoms with Gasteiger partial charge in [0.25, 0.3) is 5.91 Å². The molecule has 0 unspecified atom stereocenters. The molecule has 7 heteroatoms. The van der Waals surface area contributed by atoms with Crippen LogP contribution in [-0.2, 0) is 6.54 Å². The Hall–Kier alpha value is -3.19. The summed E-state index contributed by atoms with van der Waals surface area (Å²) < 4.78 is 7.46. The van der Waals surface area contributed by atoms with Gasteiger partial charge < -0.3 is 9.73 Å². The van der Waals surface area contributed by atoms with Crippen LogP contribution in [0.4, 0.5) is 5.82 Å². The van der Waals surface area contributed by atoms with Crippen molar-refractivity contribution in [3.8, 4) is 0 Å². The lowest BCUT2D eigenvalue weighted by Crippen LogP contribution is -2.18. The number of nitrogens with one attached hydrogen (secondary N) is 1. The van der Waals surface area contributed by atoms with E-state index >= 15 is 0 Å². The number of thiophene rings is 1. The van der Waals surface area contributed by atoms with Crippen molar-refractivity contribution in [2.24, 2.45) is 0 Å². The third kappa shape index (κ3) is 3.29. The van der Waals surface area contributed by atoms with Gasteiger partial charge in [-0.15, -0.1) is 11.3 Å². The molecule has 0 atom stereocenters. The second-order valence-electron chi connectivity index (χ2n) is 6.27. The van der Waals surface area contributed by atoms with Crippen LogP contribution in [0.2, 0.25) is 0 Å². The highest BCUT2D eigenvalue weighted by atomic mass is 32.1. The number of nitrogens with zero attached hydrogens (tertiary/aromatic N) is 2. The zero-order valence-corrected chi connectivity index (χ0v) is 15.7. The van der Waals surface area contributed by atoms with E-state index in [-0.39, 0.29) is 11.2 Å². The third-order valence-electron chi connectivity index (χ3n) is 4.48. The van der Waals surface area contributed by atoms with Crippen molar-refractivity contribution in [2.75, 3.05) is 5.32 Å². The summed E-state index contributed by atoms with van der Waals surface area (Å²) >= 11 is 1.62. The minimum atomic E-state index is -0.483. The van der Waals surface area contributed by atoms with Crippen LogP contribution >= 0.6 is 11.3 Å². The summed E-state index contributed by atoms with van der Waals surface area (Å²) in [5.74, 6) is 0.0324. The van der Waals surface area contributed by atoms with Gasteiger partial charge in [0.15, 0.2) is 11.2 Å². The van der Waals surface area contributed by atoms with Gasteiger partial charge in [0.1, 0.15) is 11.4 Å². The molecule has 0 bridgehead atoms. The van der Waals surface area contributed by atoms with Crippen LogP contribution in [0, 0.1) is 13.8 Å². The molecule has 0 fully saturated rings. The molecule has 1 aromatic carbocycles. The third-order valence-corrected chi connectivity index (χ3v) is 5.35. The molecule has 0 saturated carbocycles. The molecular weight excluding hydrogens is 362 g/mol. The summed E-state index contributed by atoms with van der Waals surface area (Å²) in [5, 5.41) is 9.49. The number of carbonyl (C=O) groups excluding carboxylic acids is 1. The van der Waals surface area contributed by atoms with E-state index in [1.807, 2.05) is 37.4 Å². The lowest BCUT2D eigenvalue weighted by molar-refractivity contribution is 0.0996. The summed E-state index contributed by atoms with van der Waals surface area (Å²) in [7, 11) is 0. The van der Waals surface area contributed by atoms with Crippen LogP contribution in [0.3, 0.4) is 0 Å². The fourth-order valence-corrected chi connectivity index (χ4v) is 3.54. The second-order valence-corrected chi connectivity index (χ2v) is 7.30. The number of hydrogen-bond donors (Lipinski definition) is 1. The molecule has 1 amide bonds. The lowest BCUT2D eigenvalue weighted by Gasteiger charge is -2.09. The molecule has 0 aliphatic heterocycles. The second kappa shape index (κ2) is 6.85. The molecule has 0 aliphatic carbocycles. The van der Waals surface area contributed by atoms with Gasteiger partial charge in [-0.05, 0) is 42.5 Å². The number of carbonyl (C=O) groups is 1. The van der Waals surface area contributed by atoms with Gasteiger partial charge >= 0.3 is 0 Å². The number of anilines is 1. The Kier molecular flexibility index (Phi) is 4.37. The quantitative estimate of drug-likeness (QED) is 0.582. The van der Waals surface area contributed by atoms with Gasteiger partial charge in [-0.25, -0.2) is 4.68 Å². The van der Waals surface area contributed by atoms with E-state index in [0.29, 0.717) is 23.3 Å². The van der Waals surface area contributed by atoms with Gasteiger partial charge in [-0.3, -0.25) is 9.59 Å². The van der Waals surface area contributed by atoms with Crippen molar-refractivity contribution in [2.45, 2.75) is 20.4 Å². The first-order chi connectivity index (χ1) is 13.0. The van der Waals surface area contributed by atoms with Gasteiger partial charge in [0.05, 0.1) is 18.1 Å². The predicted octanol–water partition coefficient (Wildman–Crippen LogP) is 3.97. The minimum absolute atomic E-state index is 0.0231. The molecule has 0 radical (unpaired) electrons. The number of benzene rings is 1. The van der Waals surface area contributed by atoms with Crippen molar-refractivity contribution >= 4 is 34.0 Å². The maximum Gasteiger partial charge on any atom is 0.292 e. The summed E-state index contributed by atoms with van der Waals surface area (Å²) in [4.78, 5) is 26.2. The molecule has 4 rings (SSSR count). The summed E-state index contributed by atoms with van der Waals surface area (Å²) in [5.41, 5.74) is 2.05. The Bertz CT molecular complexity index is 1190. The summed E-state index contributed by atoms with van der Waals surface area (Å²) in [6.07, 6.45) is 1.62. The van der Waals surface area contributed by atoms with Crippen LogP contribution in [0.5, 0.6) is 0 Å². The largest absolute Gasteiger partial charge is 0.450 e. The highest BCUT2D eigenvalue weighted by Crippen LogP contribution is 2.21. The fraction of sp³-hybridized carbons (Fsp3) is 0.150. The Morgan fingerprint density at radius 3 is 2.89 bits per heavy atom. The van der Waals surface area contributed by atoms with Crippen LogP contribution < -0.4 is 10.7 Å². The Morgan fingerprint density at radius 1 is 1.26 bits per heavy atom. The van der Waals surface area contributed by atoms with E-state index in [2.05, 4.69) is 10.4 Å². The summed E-state index contributed by atoms with van der Waals surface area (Å²) in [6.45, 7) is 4.36. The van der Waals surface area contributed by atoms with Crippen molar-refractivity contribution in [3.63, 3.8) is 0 Å². The van der Waals surface area contributed by atoms with Gasteiger partial charge in [-0.1, -0.05) is 12.1 Å². The highest BCUT2D eigenvalue weighted by Gasteiger charge is 2.16. The number of hydrogen-bond acceptors (Lipinski definition) is 5. The number of fused-ring (bicyclic) bond motifs is 1. The first kappa shape index (κ1) is 17.2. The maximum atomic E-state index is 12.7. The molecule has 1 N–H and O–H groups in total. The topological polar surface area (TPSA) is 77.1 Å². The van der Waals surface area contributed by atoms with Crippen LogP contribution in [0.15, 0.2) is 57.2 Å². The molecule has 3 heterocycles. The van der Waals surface area contributed by atoms with Crippen molar-refractivity contribution in [1.82, 2.24) is 9.78 Å². The molecule has 3 aromatic heterocycles. The number of aryl methyl sites for hydroxylation is 2. The van der Waals surface area contributed by atoms with Crippen molar-refractivity contribution < 1.29 is 9.21 Å². The van der Waals surface area contributed by atoms with Gasteiger partial charge in [0.2, 0.25) is 0 Å². The smallest absolute Gasteiger partial charge is 0.292 e. The van der Waals surface area contributed by atoms with E-state index in [9.17, 15) is 9.59 Å². The normalized spacial score (nSPS) is 11.0. The fourth-order valence-electron chi connectivity index (χ4n) is 2.86. The van der Waals surface area contributed by atoms with Crippen LogP contribution in [0.25, 0.3) is 11.0 Å². The Morgan fingerprint density at radius 2 is 2.11 bits per heavy atom. The van der Waals surface area contributed by atoms with Gasteiger partial charge in [0, 0.05) is 17.0 Å². The Labute approximate surface area is 159 Å². The minimum Gasteiger partial charge on any atom is -0.450 e. The van der Waals surface area contributed by atoms with E-state index < -0.39 is 5.91 Å². The lowest BCUT2D eigenvalue weighted by atomic mass is 10.1. The molecule has 0 spiro atoms. The average molecular weight is 379 g/mol. The highest BCUT2D eigenvalue weighted by molar-refractivity contribution is 7.09. The number of amides is 1. The Balaban J connectivity index is 1.65. The maximum absolute atomic E-state index is 12.7. The monoisotopic (exact) mass is 379 g/mol. The molecule has 27 heavy (non-hydrogen) atoms. The van der Waals surface area contributed by atoms with E-state index in [1.165, 1.54) is 6.07 Å². The van der Waals surface area contributed by atoms with E-state index in [1.54, 1.807) is 34.3 Å². The molecule has 0 aliphatic rings. The van der Waals surface area contributed by atoms with Crippen molar-refractivity contribution in [1.29, 1.82) is 0 Å². The van der Waals surface area contributed by atoms with Crippen LogP contribution in [0.1, 0.15) is 26.6 Å². The average Bonchev–Trinajstić information content (AvgIpc) is 3.31. The molecular formula is C20H17N3O3S.